The van der Waals surface area contributed by atoms with Crippen molar-refractivity contribution in [3.63, 3.8) is 0 Å². The monoisotopic (exact) mass is 402 g/mol. The maximum atomic E-state index is 13.0. The van der Waals surface area contributed by atoms with Gasteiger partial charge in [-0.25, -0.2) is 4.98 Å². The van der Waals surface area contributed by atoms with Gasteiger partial charge in [0.05, 0.1) is 19.0 Å². The zero-order chi connectivity index (χ0) is 21.0. The van der Waals surface area contributed by atoms with Gasteiger partial charge in [0.25, 0.3) is 5.91 Å². The summed E-state index contributed by atoms with van der Waals surface area (Å²) in [6.07, 6.45) is 9.24. The third-order valence-corrected chi connectivity index (χ3v) is 6.08. The van der Waals surface area contributed by atoms with E-state index in [0.29, 0.717) is 18.4 Å². The van der Waals surface area contributed by atoms with E-state index in [0.717, 1.165) is 25.7 Å². The molecule has 3 N–H and O–H groups in total. The number of carbonyl (C=O) groups excluding carboxylic acids is 3. The Labute approximate surface area is 171 Å². The van der Waals surface area contributed by atoms with E-state index >= 15 is 0 Å². The molecule has 3 rings (SSSR count). The van der Waals surface area contributed by atoms with E-state index < -0.39 is 17.7 Å². The number of likely N-dealkylation sites (tertiary alicyclic amines) is 1. The lowest BCUT2D eigenvalue weighted by atomic mass is 9.78. The maximum absolute atomic E-state index is 13.0. The number of amides is 3. The molecule has 1 aromatic heterocycles. The molecule has 8 heteroatoms. The van der Waals surface area contributed by atoms with Crippen molar-refractivity contribution in [2.45, 2.75) is 57.9 Å². The molecule has 1 saturated carbocycles. The quantitative estimate of drug-likeness (QED) is 0.750. The van der Waals surface area contributed by atoms with Crippen molar-refractivity contribution in [2.75, 3.05) is 19.0 Å². The molecule has 2 fully saturated rings. The lowest BCUT2D eigenvalue weighted by molar-refractivity contribution is -0.147. The zero-order valence-electron chi connectivity index (χ0n) is 17.1. The van der Waals surface area contributed by atoms with Crippen LogP contribution < -0.4 is 15.8 Å². The summed E-state index contributed by atoms with van der Waals surface area (Å²) in [5, 5.41) is 2.57. The van der Waals surface area contributed by atoms with Crippen molar-refractivity contribution in [2.24, 2.45) is 17.6 Å². The zero-order valence-corrected chi connectivity index (χ0v) is 17.1. The minimum Gasteiger partial charge on any atom is -0.480 e. The molecule has 1 unspecified atom stereocenters. The number of primary amides is 1. The highest BCUT2D eigenvalue weighted by molar-refractivity contribution is 6.39. The van der Waals surface area contributed by atoms with Gasteiger partial charge >= 0.3 is 11.8 Å². The van der Waals surface area contributed by atoms with Gasteiger partial charge in [-0.15, -0.1) is 0 Å². The molecule has 0 aromatic carbocycles. The fourth-order valence-corrected chi connectivity index (χ4v) is 4.59. The van der Waals surface area contributed by atoms with Gasteiger partial charge in [-0.1, -0.05) is 26.2 Å². The summed E-state index contributed by atoms with van der Waals surface area (Å²) in [5.41, 5.74) is 5.62. The molecule has 1 aromatic rings. The summed E-state index contributed by atoms with van der Waals surface area (Å²) in [4.78, 5) is 43.0. The van der Waals surface area contributed by atoms with Crippen molar-refractivity contribution < 1.29 is 19.1 Å². The predicted molar refractivity (Wildman–Crippen MR) is 108 cm³/mol. The summed E-state index contributed by atoms with van der Waals surface area (Å²) in [5.74, 6) is -1.05. The number of piperidine rings is 1. The Morgan fingerprint density at radius 1 is 1.17 bits per heavy atom. The first kappa shape index (κ1) is 21.1. The molecule has 8 nitrogen and oxygen atoms in total. The minimum atomic E-state index is -0.723. The number of nitrogens with two attached hydrogens (primary N) is 1. The van der Waals surface area contributed by atoms with E-state index in [2.05, 4.69) is 17.2 Å². The first-order chi connectivity index (χ1) is 13.9. The maximum Gasteiger partial charge on any atom is 0.313 e. The van der Waals surface area contributed by atoms with Gasteiger partial charge in [-0.05, 0) is 43.6 Å². The lowest BCUT2D eigenvalue weighted by Gasteiger charge is -2.43. The molecular weight excluding hydrogens is 372 g/mol. The SMILES string of the molecule is COc1ncc(NC(=O)C(=O)N2C[C@@H](C)CCC2C2CCCCC2)cc1C(N)=O. The van der Waals surface area contributed by atoms with Crippen LogP contribution in [0, 0.1) is 11.8 Å². The molecule has 2 aliphatic rings. The summed E-state index contributed by atoms with van der Waals surface area (Å²) in [6.45, 7) is 2.71. The molecule has 1 aliphatic heterocycles. The van der Waals surface area contributed by atoms with E-state index in [1.165, 1.54) is 38.6 Å². The van der Waals surface area contributed by atoms with Crippen LogP contribution in [0.3, 0.4) is 0 Å². The second kappa shape index (κ2) is 9.24. The number of carbonyl (C=O) groups is 3. The van der Waals surface area contributed by atoms with Crippen LogP contribution in [-0.4, -0.2) is 47.3 Å². The molecule has 0 spiro atoms. The van der Waals surface area contributed by atoms with E-state index in [1.54, 1.807) is 4.90 Å². The lowest BCUT2D eigenvalue weighted by Crippen LogP contribution is -2.53. The van der Waals surface area contributed by atoms with Crippen molar-refractivity contribution in [1.82, 2.24) is 9.88 Å². The fraction of sp³-hybridized carbons (Fsp3) is 0.619. The Morgan fingerprint density at radius 3 is 2.55 bits per heavy atom. The average Bonchev–Trinajstić information content (AvgIpc) is 2.73. The number of rotatable bonds is 4. The van der Waals surface area contributed by atoms with Crippen LogP contribution >= 0.6 is 0 Å². The van der Waals surface area contributed by atoms with Gasteiger partial charge in [0.1, 0.15) is 5.56 Å². The Hall–Kier alpha value is -2.64. The first-order valence-corrected chi connectivity index (χ1v) is 10.4. The Bertz CT molecular complexity index is 776. The number of methoxy groups -OCH3 is 1. The standard InChI is InChI=1S/C21H30N4O4/c1-13-8-9-17(14-6-4-3-5-7-14)25(12-13)21(28)19(27)24-15-10-16(18(22)26)20(29-2)23-11-15/h10-11,13-14,17H,3-9,12H2,1-2H3,(H2,22,26)(H,24,27)/t13-,17?/m0/s1. The molecule has 29 heavy (non-hydrogen) atoms. The van der Waals surface area contributed by atoms with Crippen LogP contribution in [0.2, 0.25) is 0 Å². The Morgan fingerprint density at radius 2 is 1.90 bits per heavy atom. The molecule has 2 atom stereocenters. The molecule has 158 valence electrons. The molecule has 1 aliphatic carbocycles. The fourth-order valence-electron chi connectivity index (χ4n) is 4.59. The van der Waals surface area contributed by atoms with E-state index in [-0.39, 0.29) is 23.2 Å². The van der Waals surface area contributed by atoms with Crippen LogP contribution in [0.15, 0.2) is 12.3 Å². The molecule has 0 radical (unpaired) electrons. The van der Waals surface area contributed by atoms with Crippen molar-refractivity contribution in [1.29, 1.82) is 0 Å². The van der Waals surface area contributed by atoms with Crippen LogP contribution in [-0.2, 0) is 9.59 Å². The topological polar surface area (TPSA) is 115 Å². The summed E-state index contributed by atoms with van der Waals surface area (Å²) < 4.78 is 5.00. The molecular formula is C21H30N4O4. The van der Waals surface area contributed by atoms with Gasteiger partial charge in [-0.2, -0.15) is 0 Å². The highest BCUT2D eigenvalue weighted by atomic mass is 16.5. The Balaban J connectivity index is 1.74. The van der Waals surface area contributed by atoms with Crippen LogP contribution in [0.5, 0.6) is 5.88 Å². The summed E-state index contributed by atoms with van der Waals surface area (Å²) >= 11 is 0. The van der Waals surface area contributed by atoms with E-state index in [9.17, 15) is 14.4 Å². The second-order valence-corrected chi connectivity index (χ2v) is 8.20. The number of ether oxygens (including phenoxy) is 1. The third-order valence-electron chi connectivity index (χ3n) is 6.08. The normalized spacial score (nSPS) is 22.8. The van der Waals surface area contributed by atoms with Gasteiger partial charge in [0.2, 0.25) is 5.88 Å². The number of aromatic nitrogens is 1. The molecule has 2 heterocycles. The van der Waals surface area contributed by atoms with E-state index in [4.69, 9.17) is 10.5 Å². The summed E-state index contributed by atoms with van der Waals surface area (Å²) in [6, 6.07) is 1.50. The number of anilines is 1. The van der Waals surface area contributed by atoms with Gasteiger partial charge < -0.3 is 20.7 Å². The van der Waals surface area contributed by atoms with Crippen molar-refractivity contribution in [3.05, 3.63) is 17.8 Å². The number of nitrogens with zero attached hydrogens (tertiary/aromatic N) is 2. The minimum absolute atomic E-state index is 0.0458. The van der Waals surface area contributed by atoms with Crippen molar-refractivity contribution in [3.8, 4) is 5.88 Å². The van der Waals surface area contributed by atoms with Crippen molar-refractivity contribution >= 4 is 23.4 Å². The van der Waals surface area contributed by atoms with Crippen LogP contribution in [0.4, 0.5) is 5.69 Å². The Kier molecular flexibility index (Phi) is 6.71. The highest BCUT2D eigenvalue weighted by Crippen LogP contribution is 2.35. The van der Waals surface area contributed by atoms with Crippen LogP contribution in [0.1, 0.15) is 62.2 Å². The first-order valence-electron chi connectivity index (χ1n) is 10.4. The smallest absolute Gasteiger partial charge is 0.313 e. The number of hydrogen-bond acceptors (Lipinski definition) is 5. The molecule has 1 saturated heterocycles. The number of pyridine rings is 1. The van der Waals surface area contributed by atoms with E-state index in [1.807, 2.05) is 0 Å². The van der Waals surface area contributed by atoms with Crippen LogP contribution in [0.25, 0.3) is 0 Å². The molecule has 0 bridgehead atoms. The van der Waals surface area contributed by atoms with Gasteiger partial charge in [-0.3, -0.25) is 14.4 Å². The second-order valence-electron chi connectivity index (χ2n) is 8.20. The van der Waals surface area contributed by atoms with Gasteiger partial charge in [0.15, 0.2) is 0 Å². The summed E-state index contributed by atoms with van der Waals surface area (Å²) in [7, 11) is 1.37. The predicted octanol–water partition coefficient (Wildman–Crippen LogP) is 2.33. The largest absolute Gasteiger partial charge is 0.480 e. The number of hydrogen-bond donors (Lipinski definition) is 2. The average molecular weight is 402 g/mol. The van der Waals surface area contributed by atoms with Gasteiger partial charge in [0, 0.05) is 12.6 Å². The third kappa shape index (κ3) is 4.86. The molecule has 3 amide bonds. The number of nitrogens with one attached hydrogen (secondary N) is 1. The highest BCUT2D eigenvalue weighted by Gasteiger charge is 2.37.